The number of benzene rings is 1. The van der Waals surface area contributed by atoms with Gasteiger partial charge in [-0.3, -0.25) is 4.79 Å². The Morgan fingerprint density at radius 3 is 2.14 bits per heavy atom. The van der Waals surface area contributed by atoms with Crippen LogP contribution in [-0.2, 0) is 0 Å². The number of rotatable bonds is 4. The highest BCUT2D eigenvalue weighted by Crippen LogP contribution is 2.14. The fraction of sp³-hybridized carbons (Fsp3) is 0.300. The Labute approximate surface area is 93.0 Å². The number of nitrogens with two attached hydrogens (primary N) is 1. The molecule has 0 saturated carbocycles. The van der Waals surface area contributed by atoms with Gasteiger partial charge in [0.15, 0.2) is 5.78 Å². The maximum Gasteiger partial charge on any atom is 0.185 e. The minimum absolute atomic E-state index is 0.0181. The van der Waals surface area contributed by atoms with Crippen LogP contribution in [-0.4, -0.2) is 23.1 Å². The monoisotopic (exact) mass is 231 g/mol. The Morgan fingerprint density at radius 1 is 1.21 bits per heavy atom. The summed E-state index contributed by atoms with van der Waals surface area (Å²) in [4.78, 5) is 11.8. The molecule has 0 atom stereocenters. The van der Waals surface area contributed by atoms with Gasteiger partial charge in [-0.1, -0.05) is 30.3 Å². The summed E-state index contributed by atoms with van der Waals surface area (Å²) in [5.41, 5.74) is 5.13. The van der Waals surface area contributed by atoms with E-state index in [0.29, 0.717) is 5.56 Å². The molecule has 0 radical (unpaired) electrons. The van der Waals surface area contributed by atoms with E-state index in [9.17, 15) is 4.79 Å². The van der Waals surface area contributed by atoms with Crippen LogP contribution < -0.4 is 5.73 Å². The average molecular weight is 232 g/mol. The fourth-order valence-corrected chi connectivity index (χ4v) is 1.56. The Hall–Kier alpha value is -0.570. The zero-order valence-electron chi connectivity index (χ0n) is 7.54. The van der Waals surface area contributed by atoms with Crippen molar-refractivity contribution in [3.63, 3.8) is 0 Å². The van der Waals surface area contributed by atoms with Crippen LogP contribution in [0.15, 0.2) is 30.3 Å². The van der Waals surface area contributed by atoms with E-state index >= 15 is 0 Å². The number of carbonyl (C=O) groups excluding carboxylic acids is 1. The maximum atomic E-state index is 11.8. The molecule has 4 heteroatoms. The highest BCUT2D eigenvalue weighted by molar-refractivity contribution is 6.27. The summed E-state index contributed by atoms with van der Waals surface area (Å²) >= 11 is 11.2. The molecule has 1 aromatic carbocycles. The second-order valence-electron chi connectivity index (χ2n) is 3.12. The highest BCUT2D eigenvalue weighted by Gasteiger charge is 2.32. The third kappa shape index (κ3) is 2.27. The van der Waals surface area contributed by atoms with Crippen LogP contribution in [0.25, 0.3) is 0 Å². The quantitative estimate of drug-likeness (QED) is 0.637. The SMILES string of the molecule is NC(CCl)(CCl)C(=O)c1ccccc1. The van der Waals surface area contributed by atoms with E-state index in [-0.39, 0.29) is 17.5 Å². The minimum atomic E-state index is -1.16. The molecule has 14 heavy (non-hydrogen) atoms. The second kappa shape index (κ2) is 4.78. The normalized spacial score (nSPS) is 11.4. The Balaban J connectivity index is 2.95. The lowest BCUT2D eigenvalue weighted by atomic mass is 9.94. The first-order valence-corrected chi connectivity index (χ1v) is 5.21. The molecule has 76 valence electrons. The first-order chi connectivity index (χ1) is 6.64. The van der Waals surface area contributed by atoms with Crippen molar-refractivity contribution in [1.82, 2.24) is 0 Å². The first-order valence-electron chi connectivity index (χ1n) is 4.15. The van der Waals surface area contributed by atoms with Gasteiger partial charge in [-0.05, 0) is 0 Å². The van der Waals surface area contributed by atoms with Gasteiger partial charge < -0.3 is 5.73 Å². The molecule has 0 aliphatic carbocycles. The van der Waals surface area contributed by atoms with Gasteiger partial charge in [0.2, 0.25) is 0 Å². The summed E-state index contributed by atoms with van der Waals surface area (Å²) in [6.07, 6.45) is 0. The van der Waals surface area contributed by atoms with Crippen molar-refractivity contribution in [2.75, 3.05) is 11.8 Å². The number of hydrogen-bond donors (Lipinski definition) is 1. The van der Waals surface area contributed by atoms with E-state index in [1.165, 1.54) is 0 Å². The van der Waals surface area contributed by atoms with E-state index < -0.39 is 5.54 Å². The summed E-state index contributed by atoms with van der Waals surface area (Å²) in [7, 11) is 0. The van der Waals surface area contributed by atoms with Gasteiger partial charge in [-0.2, -0.15) is 0 Å². The Bertz CT molecular complexity index is 309. The van der Waals surface area contributed by atoms with Crippen LogP contribution in [0.2, 0.25) is 0 Å². The van der Waals surface area contributed by atoms with Gasteiger partial charge >= 0.3 is 0 Å². The molecular formula is C10H11Cl2NO. The molecule has 0 bridgehead atoms. The van der Waals surface area contributed by atoms with Crippen LogP contribution in [0.1, 0.15) is 10.4 Å². The van der Waals surface area contributed by atoms with Crippen LogP contribution in [0.3, 0.4) is 0 Å². The zero-order chi connectivity index (χ0) is 10.6. The van der Waals surface area contributed by atoms with Crippen LogP contribution in [0.4, 0.5) is 0 Å². The first kappa shape index (κ1) is 11.5. The molecule has 0 amide bonds. The van der Waals surface area contributed by atoms with Crippen LogP contribution in [0.5, 0.6) is 0 Å². The predicted octanol–water partition coefficient (Wildman–Crippen LogP) is 2.04. The maximum absolute atomic E-state index is 11.8. The summed E-state index contributed by atoms with van der Waals surface area (Å²) < 4.78 is 0. The van der Waals surface area contributed by atoms with Crippen molar-refractivity contribution in [3.05, 3.63) is 35.9 Å². The van der Waals surface area contributed by atoms with Gasteiger partial charge in [0.1, 0.15) is 5.54 Å². The fourth-order valence-electron chi connectivity index (χ4n) is 1.03. The van der Waals surface area contributed by atoms with Crippen molar-refractivity contribution in [1.29, 1.82) is 0 Å². The topological polar surface area (TPSA) is 43.1 Å². The minimum Gasteiger partial charge on any atom is -0.317 e. The smallest absolute Gasteiger partial charge is 0.185 e. The second-order valence-corrected chi connectivity index (χ2v) is 3.65. The number of ketones is 1. The van der Waals surface area contributed by atoms with Gasteiger partial charge in [0.05, 0.1) is 0 Å². The van der Waals surface area contributed by atoms with E-state index in [1.807, 2.05) is 6.07 Å². The molecule has 2 N–H and O–H groups in total. The average Bonchev–Trinajstić information content (AvgIpc) is 2.28. The van der Waals surface area contributed by atoms with Gasteiger partial charge in [0.25, 0.3) is 0 Å². The standard InChI is InChI=1S/C10H11Cl2NO/c11-6-10(13,7-12)9(14)8-4-2-1-3-5-8/h1-5H,6-7,13H2. The highest BCUT2D eigenvalue weighted by atomic mass is 35.5. The Morgan fingerprint density at radius 2 is 1.71 bits per heavy atom. The molecule has 0 aliphatic heterocycles. The van der Waals surface area contributed by atoms with E-state index in [2.05, 4.69) is 0 Å². The van der Waals surface area contributed by atoms with Gasteiger partial charge in [-0.25, -0.2) is 0 Å². The molecule has 2 nitrogen and oxygen atoms in total. The number of carbonyl (C=O) groups is 1. The summed E-state index contributed by atoms with van der Waals surface area (Å²) in [6.45, 7) is 0. The van der Waals surface area contributed by atoms with Crippen molar-refractivity contribution < 1.29 is 4.79 Å². The predicted molar refractivity (Wildman–Crippen MR) is 59.1 cm³/mol. The van der Waals surface area contributed by atoms with Gasteiger partial charge in [-0.15, -0.1) is 23.2 Å². The molecule has 0 heterocycles. The molecule has 0 unspecified atom stereocenters. The molecule has 1 aromatic rings. The molecular weight excluding hydrogens is 221 g/mol. The molecule has 0 fully saturated rings. The lowest BCUT2D eigenvalue weighted by molar-refractivity contribution is 0.0918. The van der Waals surface area contributed by atoms with E-state index in [0.717, 1.165) is 0 Å². The zero-order valence-corrected chi connectivity index (χ0v) is 9.05. The third-order valence-electron chi connectivity index (χ3n) is 1.97. The number of Topliss-reactive ketones (excluding diaryl/α,β-unsaturated/α-hetero) is 1. The largest absolute Gasteiger partial charge is 0.317 e. The lowest BCUT2D eigenvalue weighted by Gasteiger charge is -2.22. The van der Waals surface area contributed by atoms with Crippen LogP contribution in [0, 0.1) is 0 Å². The lowest BCUT2D eigenvalue weighted by Crippen LogP contribution is -2.51. The molecule has 1 rings (SSSR count). The summed E-state index contributed by atoms with van der Waals surface area (Å²) in [5.74, 6) is -0.183. The van der Waals surface area contributed by atoms with E-state index in [1.54, 1.807) is 24.3 Å². The summed E-state index contributed by atoms with van der Waals surface area (Å²) in [6, 6.07) is 8.77. The van der Waals surface area contributed by atoms with Crippen LogP contribution >= 0.6 is 23.2 Å². The van der Waals surface area contributed by atoms with Crippen molar-refractivity contribution in [2.24, 2.45) is 5.73 Å². The number of halogens is 2. The third-order valence-corrected chi connectivity index (χ3v) is 2.92. The molecule has 0 saturated heterocycles. The van der Waals surface area contributed by atoms with Crippen molar-refractivity contribution in [2.45, 2.75) is 5.54 Å². The number of hydrogen-bond acceptors (Lipinski definition) is 2. The van der Waals surface area contributed by atoms with Crippen molar-refractivity contribution in [3.8, 4) is 0 Å². The van der Waals surface area contributed by atoms with Crippen molar-refractivity contribution >= 4 is 29.0 Å². The van der Waals surface area contributed by atoms with E-state index in [4.69, 9.17) is 28.9 Å². The number of alkyl halides is 2. The molecule has 0 aliphatic rings. The molecule has 0 spiro atoms. The summed E-state index contributed by atoms with van der Waals surface area (Å²) in [5, 5.41) is 0. The van der Waals surface area contributed by atoms with Gasteiger partial charge in [0, 0.05) is 17.3 Å². The Kier molecular flexibility index (Phi) is 3.93. The molecule has 0 aromatic heterocycles.